The predicted octanol–water partition coefficient (Wildman–Crippen LogP) is 0.116. The van der Waals surface area contributed by atoms with Gasteiger partial charge in [-0.15, -0.1) is 5.10 Å². The first-order chi connectivity index (χ1) is 9.49. The highest BCUT2D eigenvalue weighted by Crippen LogP contribution is 2.10. The monoisotopic (exact) mass is 278 g/mol. The number of aromatic carboxylic acids is 1. The zero-order chi connectivity index (χ0) is 14.7. The summed E-state index contributed by atoms with van der Waals surface area (Å²) < 4.78 is 3.38. The molecule has 0 radical (unpaired) electrons. The van der Waals surface area contributed by atoms with Crippen molar-refractivity contribution in [3.63, 3.8) is 0 Å². The van der Waals surface area contributed by atoms with Crippen LogP contribution >= 0.6 is 0 Å². The summed E-state index contributed by atoms with van der Waals surface area (Å²) in [5.41, 5.74) is 3.32. The highest BCUT2D eigenvalue weighted by molar-refractivity contribution is 5.84. The Kier molecular flexibility index (Phi) is 4.14. The molecule has 108 valence electrons. The smallest absolute Gasteiger partial charge is 0.358 e. The number of aryl methyl sites for hydroxylation is 2. The lowest BCUT2D eigenvalue weighted by atomic mass is 10.2. The third-order valence-electron chi connectivity index (χ3n) is 3.24. The molecule has 8 nitrogen and oxygen atoms in total. The number of carboxylic acids is 1. The molecule has 0 saturated heterocycles. The molecule has 2 heterocycles. The first-order valence-electron chi connectivity index (χ1n) is 6.32. The second-order valence-electron chi connectivity index (χ2n) is 4.62. The average Bonchev–Trinajstić information content (AvgIpc) is 2.94. The Morgan fingerprint density at radius 2 is 2.20 bits per heavy atom. The topological polar surface area (TPSA) is 97.9 Å². The number of carboxylic acid groups (broad SMARTS) is 1. The minimum atomic E-state index is -1.06. The van der Waals surface area contributed by atoms with E-state index in [0.717, 1.165) is 17.9 Å². The number of carbonyl (C=O) groups is 1. The van der Waals surface area contributed by atoms with E-state index >= 15 is 0 Å². The third kappa shape index (κ3) is 3.02. The molecule has 0 atom stereocenters. The van der Waals surface area contributed by atoms with Crippen LogP contribution in [-0.4, -0.2) is 42.4 Å². The number of nitrogens with one attached hydrogen (secondary N) is 1. The van der Waals surface area contributed by atoms with Gasteiger partial charge in [-0.2, -0.15) is 5.10 Å². The van der Waals surface area contributed by atoms with Crippen molar-refractivity contribution >= 4 is 5.97 Å². The molecule has 20 heavy (non-hydrogen) atoms. The Balaban J connectivity index is 1.83. The van der Waals surface area contributed by atoms with Gasteiger partial charge in [-0.1, -0.05) is 5.21 Å². The normalized spacial score (nSPS) is 10.9. The van der Waals surface area contributed by atoms with Gasteiger partial charge in [0.2, 0.25) is 0 Å². The zero-order valence-corrected chi connectivity index (χ0v) is 11.8. The highest BCUT2D eigenvalue weighted by atomic mass is 16.4. The van der Waals surface area contributed by atoms with Gasteiger partial charge in [0, 0.05) is 31.4 Å². The summed E-state index contributed by atoms with van der Waals surface area (Å²) in [5, 5.41) is 23.7. The summed E-state index contributed by atoms with van der Waals surface area (Å²) >= 11 is 0. The van der Waals surface area contributed by atoms with E-state index in [-0.39, 0.29) is 5.69 Å². The van der Waals surface area contributed by atoms with Gasteiger partial charge in [-0.25, -0.2) is 4.79 Å². The maximum Gasteiger partial charge on any atom is 0.358 e. The SMILES string of the molecule is Cc1nn(C)c(C)c1CNCCn1cc(C(=O)O)nn1. The second-order valence-corrected chi connectivity index (χ2v) is 4.62. The molecule has 0 aliphatic carbocycles. The van der Waals surface area contributed by atoms with Crippen molar-refractivity contribution in [2.24, 2.45) is 7.05 Å². The molecule has 8 heteroatoms. The van der Waals surface area contributed by atoms with E-state index in [1.54, 1.807) is 0 Å². The van der Waals surface area contributed by atoms with Crippen LogP contribution in [-0.2, 0) is 20.1 Å². The molecular weight excluding hydrogens is 260 g/mol. The average molecular weight is 278 g/mol. The number of rotatable bonds is 6. The summed E-state index contributed by atoms with van der Waals surface area (Å²) in [4.78, 5) is 10.7. The molecule has 0 saturated carbocycles. The quantitative estimate of drug-likeness (QED) is 0.728. The lowest BCUT2D eigenvalue weighted by molar-refractivity contribution is 0.0690. The maximum atomic E-state index is 10.7. The third-order valence-corrected chi connectivity index (χ3v) is 3.24. The Labute approximate surface area is 116 Å². The summed E-state index contributed by atoms with van der Waals surface area (Å²) in [5.74, 6) is -1.06. The fraction of sp³-hybridized carbons (Fsp3) is 0.500. The van der Waals surface area contributed by atoms with Crippen molar-refractivity contribution in [3.8, 4) is 0 Å². The molecule has 0 aliphatic rings. The Hall–Kier alpha value is -2.22. The fourth-order valence-corrected chi connectivity index (χ4v) is 1.99. The van der Waals surface area contributed by atoms with E-state index < -0.39 is 5.97 Å². The van der Waals surface area contributed by atoms with E-state index in [2.05, 4.69) is 20.7 Å². The summed E-state index contributed by atoms with van der Waals surface area (Å²) in [6.45, 7) is 6.00. The van der Waals surface area contributed by atoms with Crippen LogP contribution in [0.4, 0.5) is 0 Å². The molecule has 0 fully saturated rings. The number of aromatic nitrogens is 5. The molecule has 0 amide bonds. The Morgan fingerprint density at radius 1 is 1.45 bits per heavy atom. The molecule has 0 unspecified atom stereocenters. The van der Waals surface area contributed by atoms with Gasteiger partial charge in [0.05, 0.1) is 18.4 Å². The molecule has 2 N–H and O–H groups in total. The van der Waals surface area contributed by atoms with Crippen molar-refractivity contribution < 1.29 is 9.90 Å². The summed E-state index contributed by atoms with van der Waals surface area (Å²) in [6, 6.07) is 0. The van der Waals surface area contributed by atoms with Crippen LogP contribution in [0.2, 0.25) is 0 Å². The molecule has 2 rings (SSSR count). The molecule has 2 aromatic heterocycles. The van der Waals surface area contributed by atoms with Gasteiger partial charge < -0.3 is 10.4 Å². The van der Waals surface area contributed by atoms with Gasteiger partial charge in [0.25, 0.3) is 0 Å². The number of hydrogen-bond acceptors (Lipinski definition) is 5. The lowest BCUT2D eigenvalue weighted by Crippen LogP contribution is -2.20. The van der Waals surface area contributed by atoms with E-state index in [9.17, 15) is 4.79 Å². The Morgan fingerprint density at radius 3 is 2.75 bits per heavy atom. The van der Waals surface area contributed by atoms with E-state index in [1.807, 2.05) is 25.6 Å². The minimum absolute atomic E-state index is 0.0380. The van der Waals surface area contributed by atoms with Gasteiger partial charge >= 0.3 is 5.97 Å². The largest absolute Gasteiger partial charge is 0.476 e. The number of hydrogen-bond donors (Lipinski definition) is 2. The van der Waals surface area contributed by atoms with Crippen molar-refractivity contribution in [2.45, 2.75) is 26.9 Å². The highest BCUT2D eigenvalue weighted by Gasteiger charge is 2.09. The van der Waals surface area contributed by atoms with Crippen LogP contribution in [0.25, 0.3) is 0 Å². The zero-order valence-electron chi connectivity index (χ0n) is 11.8. The van der Waals surface area contributed by atoms with Crippen LogP contribution in [0.3, 0.4) is 0 Å². The van der Waals surface area contributed by atoms with Crippen LogP contribution in [0.15, 0.2) is 6.20 Å². The lowest BCUT2D eigenvalue weighted by Gasteiger charge is -2.05. The van der Waals surface area contributed by atoms with Crippen LogP contribution in [0.1, 0.15) is 27.4 Å². The fourth-order valence-electron chi connectivity index (χ4n) is 1.99. The van der Waals surface area contributed by atoms with Gasteiger partial charge in [-0.3, -0.25) is 9.36 Å². The molecule has 0 spiro atoms. The van der Waals surface area contributed by atoms with Crippen LogP contribution in [0.5, 0.6) is 0 Å². The van der Waals surface area contributed by atoms with E-state index in [4.69, 9.17) is 5.11 Å². The molecule has 2 aromatic rings. The van der Waals surface area contributed by atoms with E-state index in [0.29, 0.717) is 13.1 Å². The number of nitrogens with zero attached hydrogens (tertiary/aromatic N) is 5. The van der Waals surface area contributed by atoms with Crippen LogP contribution in [0, 0.1) is 13.8 Å². The summed E-state index contributed by atoms with van der Waals surface area (Å²) in [7, 11) is 1.93. The molecule has 0 aliphatic heterocycles. The first-order valence-corrected chi connectivity index (χ1v) is 6.32. The second kappa shape index (κ2) is 5.83. The first kappa shape index (κ1) is 14.2. The molecule has 0 bridgehead atoms. The predicted molar refractivity (Wildman–Crippen MR) is 71.4 cm³/mol. The Bertz CT molecular complexity index is 615. The van der Waals surface area contributed by atoms with E-state index in [1.165, 1.54) is 16.4 Å². The van der Waals surface area contributed by atoms with Crippen molar-refractivity contribution in [1.82, 2.24) is 30.1 Å². The van der Waals surface area contributed by atoms with Gasteiger partial charge in [-0.05, 0) is 13.8 Å². The molecule has 0 aromatic carbocycles. The van der Waals surface area contributed by atoms with Gasteiger partial charge in [0.1, 0.15) is 0 Å². The van der Waals surface area contributed by atoms with Gasteiger partial charge in [0.15, 0.2) is 5.69 Å². The molecular formula is C12H18N6O2. The standard InChI is InChI=1S/C12H18N6O2/c1-8-10(9(2)17(3)15-8)6-13-4-5-18-7-11(12(19)20)14-16-18/h7,13H,4-6H2,1-3H3,(H,19,20). The summed E-state index contributed by atoms with van der Waals surface area (Å²) in [6.07, 6.45) is 1.42. The van der Waals surface area contributed by atoms with Crippen LogP contribution < -0.4 is 5.32 Å². The minimum Gasteiger partial charge on any atom is -0.476 e. The van der Waals surface area contributed by atoms with Crippen molar-refractivity contribution in [2.75, 3.05) is 6.54 Å². The maximum absolute atomic E-state index is 10.7. The van der Waals surface area contributed by atoms with Crippen molar-refractivity contribution in [3.05, 3.63) is 28.8 Å². The van der Waals surface area contributed by atoms with Crippen molar-refractivity contribution in [1.29, 1.82) is 0 Å².